The van der Waals surface area contributed by atoms with Gasteiger partial charge < -0.3 is 4.74 Å². The first-order valence-electron chi connectivity index (χ1n) is 6.50. The number of ether oxygens (including phenoxy) is 1. The number of nitrogens with two attached hydrogens (primary N) is 1. The molecule has 0 saturated heterocycles. The average Bonchev–Trinajstić information content (AvgIpc) is 2.46. The maximum Gasteiger partial charge on any atom is 0.274 e. The van der Waals surface area contributed by atoms with E-state index >= 15 is 0 Å². The predicted molar refractivity (Wildman–Crippen MR) is 83.3 cm³/mol. The number of halogens is 1. The summed E-state index contributed by atoms with van der Waals surface area (Å²) in [7, 11) is 0. The largest absolute Gasteiger partial charge is 0.481 e. The monoisotopic (exact) mass is 336 g/mol. The summed E-state index contributed by atoms with van der Waals surface area (Å²) in [5, 5.41) is 2.18. The Morgan fingerprint density at radius 1 is 1.30 bits per heavy atom. The van der Waals surface area contributed by atoms with Gasteiger partial charge in [-0.25, -0.2) is 5.84 Å². The van der Waals surface area contributed by atoms with Crippen LogP contribution in [0, 0.1) is 0 Å². The van der Waals surface area contributed by atoms with Crippen LogP contribution < -0.4 is 16.0 Å². The summed E-state index contributed by atoms with van der Waals surface area (Å²) >= 11 is 3.44. The molecule has 1 atom stereocenters. The topological polar surface area (TPSA) is 64.3 Å². The lowest BCUT2D eigenvalue weighted by atomic mass is 10.1. The third-order valence-corrected chi connectivity index (χ3v) is 3.53. The molecule has 4 nitrogen and oxygen atoms in total. The molecule has 5 heteroatoms. The molecule has 0 bridgehead atoms. The standard InChI is InChI=1S/C15H17BrN2O2/c1-2-3-14(15(19)18-17)20-13-7-5-10-8-12(16)6-4-11(10)9-13/h4-9,14H,2-3,17H2,1H3,(H,18,19). The van der Waals surface area contributed by atoms with Crippen LogP contribution in [0.1, 0.15) is 19.8 Å². The summed E-state index contributed by atoms with van der Waals surface area (Å²) in [6, 6.07) is 11.8. The quantitative estimate of drug-likeness (QED) is 0.500. The Morgan fingerprint density at radius 3 is 2.70 bits per heavy atom. The van der Waals surface area contributed by atoms with Gasteiger partial charge in [-0.3, -0.25) is 10.2 Å². The molecule has 0 saturated carbocycles. The first-order valence-corrected chi connectivity index (χ1v) is 7.29. The number of fused-ring (bicyclic) bond motifs is 1. The number of rotatable bonds is 5. The van der Waals surface area contributed by atoms with Gasteiger partial charge in [0.25, 0.3) is 5.91 Å². The number of nitrogens with one attached hydrogen (secondary N) is 1. The van der Waals surface area contributed by atoms with Gasteiger partial charge in [-0.1, -0.05) is 41.4 Å². The Balaban J connectivity index is 2.23. The molecule has 0 fully saturated rings. The highest BCUT2D eigenvalue weighted by Gasteiger charge is 2.18. The summed E-state index contributed by atoms with van der Waals surface area (Å²) < 4.78 is 6.77. The molecule has 2 aromatic carbocycles. The highest BCUT2D eigenvalue weighted by molar-refractivity contribution is 9.10. The van der Waals surface area contributed by atoms with E-state index in [0.29, 0.717) is 12.2 Å². The molecule has 2 rings (SSSR count). The second-order valence-electron chi connectivity index (χ2n) is 4.56. The minimum atomic E-state index is -0.558. The second kappa shape index (κ2) is 6.72. The van der Waals surface area contributed by atoms with Crippen LogP contribution in [0.4, 0.5) is 0 Å². The lowest BCUT2D eigenvalue weighted by Gasteiger charge is -2.17. The Hall–Kier alpha value is -1.59. The van der Waals surface area contributed by atoms with E-state index in [0.717, 1.165) is 21.7 Å². The van der Waals surface area contributed by atoms with Gasteiger partial charge in [0.2, 0.25) is 0 Å². The number of hydrazine groups is 1. The number of carbonyl (C=O) groups is 1. The Labute approximate surface area is 126 Å². The molecule has 0 radical (unpaired) electrons. The smallest absolute Gasteiger partial charge is 0.274 e. The Kier molecular flexibility index (Phi) is 4.98. The van der Waals surface area contributed by atoms with Gasteiger partial charge in [0.15, 0.2) is 6.10 Å². The van der Waals surface area contributed by atoms with E-state index in [-0.39, 0.29) is 5.91 Å². The van der Waals surface area contributed by atoms with Crippen LogP contribution >= 0.6 is 15.9 Å². The zero-order valence-corrected chi connectivity index (χ0v) is 12.8. The minimum absolute atomic E-state index is 0.303. The first kappa shape index (κ1) is 14.8. The fraction of sp³-hybridized carbons (Fsp3) is 0.267. The summed E-state index contributed by atoms with van der Waals surface area (Å²) in [6.45, 7) is 2.00. The highest BCUT2D eigenvalue weighted by Crippen LogP contribution is 2.25. The molecule has 1 unspecified atom stereocenters. The summed E-state index contributed by atoms with van der Waals surface area (Å²) in [6.07, 6.45) is 0.915. The van der Waals surface area contributed by atoms with E-state index in [1.807, 2.05) is 43.3 Å². The van der Waals surface area contributed by atoms with E-state index in [1.165, 1.54) is 0 Å². The zero-order chi connectivity index (χ0) is 14.5. The van der Waals surface area contributed by atoms with Crippen LogP contribution in [0.2, 0.25) is 0 Å². The number of hydrogen-bond donors (Lipinski definition) is 2. The van der Waals surface area contributed by atoms with Crippen molar-refractivity contribution in [1.29, 1.82) is 0 Å². The third kappa shape index (κ3) is 3.49. The number of hydrogen-bond acceptors (Lipinski definition) is 3. The molecule has 1 amide bonds. The van der Waals surface area contributed by atoms with E-state index < -0.39 is 6.10 Å². The van der Waals surface area contributed by atoms with Crippen molar-refractivity contribution in [3.8, 4) is 5.75 Å². The van der Waals surface area contributed by atoms with Crippen LogP contribution in [-0.4, -0.2) is 12.0 Å². The van der Waals surface area contributed by atoms with E-state index in [2.05, 4.69) is 21.4 Å². The van der Waals surface area contributed by atoms with Crippen molar-refractivity contribution in [1.82, 2.24) is 5.43 Å². The molecule has 0 aliphatic heterocycles. The normalized spacial score (nSPS) is 12.2. The van der Waals surface area contributed by atoms with Gasteiger partial charge in [-0.05, 0) is 41.5 Å². The molecule has 106 valence electrons. The van der Waals surface area contributed by atoms with E-state index in [4.69, 9.17) is 10.6 Å². The molecule has 0 aliphatic rings. The molecular weight excluding hydrogens is 320 g/mol. The van der Waals surface area contributed by atoms with Crippen molar-refractivity contribution >= 4 is 32.6 Å². The maximum absolute atomic E-state index is 11.6. The zero-order valence-electron chi connectivity index (χ0n) is 11.2. The van der Waals surface area contributed by atoms with Crippen molar-refractivity contribution in [2.75, 3.05) is 0 Å². The fourth-order valence-electron chi connectivity index (χ4n) is 2.03. The average molecular weight is 337 g/mol. The summed E-state index contributed by atoms with van der Waals surface area (Å²) in [5.41, 5.74) is 2.14. The number of amides is 1. The summed E-state index contributed by atoms with van der Waals surface area (Å²) in [4.78, 5) is 11.6. The Morgan fingerprint density at radius 2 is 2.00 bits per heavy atom. The molecule has 0 aromatic heterocycles. The maximum atomic E-state index is 11.6. The second-order valence-corrected chi connectivity index (χ2v) is 5.47. The molecule has 0 spiro atoms. The highest BCUT2D eigenvalue weighted by atomic mass is 79.9. The minimum Gasteiger partial charge on any atom is -0.481 e. The van der Waals surface area contributed by atoms with Crippen LogP contribution in [0.5, 0.6) is 5.75 Å². The van der Waals surface area contributed by atoms with Crippen LogP contribution in [0.25, 0.3) is 10.8 Å². The van der Waals surface area contributed by atoms with Crippen molar-refractivity contribution in [2.24, 2.45) is 5.84 Å². The third-order valence-electron chi connectivity index (χ3n) is 3.04. The fourth-order valence-corrected chi connectivity index (χ4v) is 2.41. The lowest BCUT2D eigenvalue weighted by molar-refractivity contribution is -0.128. The van der Waals surface area contributed by atoms with Gasteiger partial charge in [0.1, 0.15) is 5.75 Å². The van der Waals surface area contributed by atoms with Crippen molar-refractivity contribution in [3.05, 3.63) is 40.9 Å². The molecule has 0 heterocycles. The van der Waals surface area contributed by atoms with E-state index in [9.17, 15) is 4.79 Å². The predicted octanol–water partition coefficient (Wildman–Crippen LogP) is 3.14. The SMILES string of the molecule is CCCC(Oc1ccc2cc(Br)ccc2c1)C(=O)NN. The van der Waals surface area contributed by atoms with Crippen LogP contribution in [0.15, 0.2) is 40.9 Å². The summed E-state index contributed by atoms with van der Waals surface area (Å²) in [5.74, 6) is 5.54. The Bertz CT molecular complexity index is 616. The molecule has 0 aliphatic carbocycles. The van der Waals surface area contributed by atoms with Crippen LogP contribution in [-0.2, 0) is 4.79 Å². The number of benzene rings is 2. The van der Waals surface area contributed by atoms with Crippen molar-refractivity contribution in [3.63, 3.8) is 0 Å². The first-order chi connectivity index (χ1) is 9.63. The van der Waals surface area contributed by atoms with Gasteiger partial charge in [-0.15, -0.1) is 0 Å². The van der Waals surface area contributed by atoms with E-state index in [1.54, 1.807) is 0 Å². The van der Waals surface area contributed by atoms with Gasteiger partial charge in [0.05, 0.1) is 0 Å². The van der Waals surface area contributed by atoms with Gasteiger partial charge in [-0.2, -0.15) is 0 Å². The van der Waals surface area contributed by atoms with Crippen molar-refractivity contribution in [2.45, 2.75) is 25.9 Å². The number of carbonyl (C=O) groups excluding carboxylic acids is 1. The van der Waals surface area contributed by atoms with Crippen molar-refractivity contribution < 1.29 is 9.53 Å². The molecule has 20 heavy (non-hydrogen) atoms. The lowest BCUT2D eigenvalue weighted by Crippen LogP contribution is -2.42. The van der Waals surface area contributed by atoms with Gasteiger partial charge in [0, 0.05) is 4.47 Å². The molecular formula is C15H17BrN2O2. The molecule has 3 N–H and O–H groups in total. The molecule has 2 aromatic rings. The van der Waals surface area contributed by atoms with Crippen LogP contribution in [0.3, 0.4) is 0 Å². The van der Waals surface area contributed by atoms with Gasteiger partial charge >= 0.3 is 0 Å².